The highest BCUT2D eigenvalue weighted by Crippen LogP contribution is 2.22. The number of aromatic nitrogens is 2. The van der Waals surface area contributed by atoms with E-state index < -0.39 is 9.84 Å². The zero-order valence-corrected chi connectivity index (χ0v) is 17.0. The first-order chi connectivity index (χ1) is 12.7. The molecule has 7 nitrogen and oxygen atoms in total. The van der Waals surface area contributed by atoms with E-state index in [1.807, 2.05) is 31.4 Å². The number of rotatable bonds is 6. The molecule has 3 rings (SSSR count). The van der Waals surface area contributed by atoms with Crippen LogP contribution in [0.15, 0.2) is 34.4 Å². The van der Waals surface area contributed by atoms with Gasteiger partial charge in [-0.3, -0.25) is 9.59 Å². The Labute approximate surface area is 162 Å². The standard InChI is InChI=1S/C18H23N3O4S2/c1-13(2)10-20(14-7-9-27(24,25)12-14)18(23)11-21-17(22)6-5-15(19-21)16-4-3-8-26-16/h3-6,8,13-14H,7,9-12H2,1-2H3/t14-/m1/s1. The molecule has 27 heavy (non-hydrogen) atoms. The largest absolute Gasteiger partial charge is 0.337 e. The number of thiophene rings is 1. The third-order valence-electron chi connectivity index (χ3n) is 4.46. The molecular weight excluding hydrogens is 386 g/mol. The predicted octanol–water partition coefficient (Wildman–Crippen LogP) is 1.64. The van der Waals surface area contributed by atoms with Gasteiger partial charge in [0.05, 0.1) is 16.4 Å². The van der Waals surface area contributed by atoms with Gasteiger partial charge in [0.2, 0.25) is 5.91 Å². The van der Waals surface area contributed by atoms with E-state index in [9.17, 15) is 18.0 Å². The highest BCUT2D eigenvalue weighted by atomic mass is 32.2. The van der Waals surface area contributed by atoms with Gasteiger partial charge in [-0.2, -0.15) is 5.10 Å². The Bertz CT molecular complexity index is 965. The maximum Gasteiger partial charge on any atom is 0.267 e. The van der Waals surface area contributed by atoms with Crippen molar-refractivity contribution in [2.45, 2.75) is 32.9 Å². The molecule has 0 spiro atoms. The van der Waals surface area contributed by atoms with Gasteiger partial charge < -0.3 is 4.90 Å². The van der Waals surface area contributed by atoms with Crippen LogP contribution in [-0.2, 0) is 21.2 Å². The normalized spacial score (nSPS) is 18.7. The average Bonchev–Trinajstić information content (AvgIpc) is 3.24. The smallest absolute Gasteiger partial charge is 0.267 e. The van der Waals surface area contributed by atoms with E-state index in [4.69, 9.17) is 0 Å². The van der Waals surface area contributed by atoms with Gasteiger partial charge in [0.1, 0.15) is 12.2 Å². The van der Waals surface area contributed by atoms with Crippen molar-refractivity contribution in [2.75, 3.05) is 18.1 Å². The van der Waals surface area contributed by atoms with Crippen LogP contribution in [0.3, 0.4) is 0 Å². The van der Waals surface area contributed by atoms with Crippen LogP contribution in [-0.4, -0.2) is 53.1 Å². The van der Waals surface area contributed by atoms with Gasteiger partial charge in [-0.1, -0.05) is 19.9 Å². The number of amides is 1. The lowest BCUT2D eigenvalue weighted by Crippen LogP contribution is -2.46. The summed E-state index contributed by atoms with van der Waals surface area (Å²) >= 11 is 1.50. The zero-order chi connectivity index (χ0) is 19.6. The molecule has 1 aliphatic rings. The summed E-state index contributed by atoms with van der Waals surface area (Å²) in [6.45, 7) is 4.22. The number of carbonyl (C=O) groups is 1. The van der Waals surface area contributed by atoms with E-state index in [0.29, 0.717) is 18.7 Å². The molecule has 9 heteroatoms. The topological polar surface area (TPSA) is 89.3 Å². The van der Waals surface area contributed by atoms with Crippen LogP contribution in [0.4, 0.5) is 0 Å². The Hall–Kier alpha value is -2.00. The fourth-order valence-corrected chi connectivity index (χ4v) is 5.63. The Morgan fingerprint density at radius 1 is 1.37 bits per heavy atom. The summed E-state index contributed by atoms with van der Waals surface area (Å²) in [5, 5.41) is 6.24. The predicted molar refractivity (Wildman–Crippen MR) is 105 cm³/mol. The van der Waals surface area contributed by atoms with E-state index >= 15 is 0 Å². The summed E-state index contributed by atoms with van der Waals surface area (Å²) in [6.07, 6.45) is 0.443. The molecule has 1 fully saturated rings. The molecule has 1 atom stereocenters. The van der Waals surface area contributed by atoms with Crippen molar-refractivity contribution in [3.63, 3.8) is 0 Å². The molecule has 0 radical (unpaired) electrons. The van der Waals surface area contributed by atoms with Gasteiger partial charge in [0.25, 0.3) is 5.56 Å². The molecule has 2 aromatic rings. The first kappa shape index (κ1) is 19.8. The zero-order valence-electron chi connectivity index (χ0n) is 15.4. The lowest BCUT2D eigenvalue weighted by molar-refractivity contribution is -0.134. The Morgan fingerprint density at radius 3 is 2.74 bits per heavy atom. The SMILES string of the molecule is CC(C)CN(C(=O)Cn1nc(-c2cccs2)ccc1=O)[C@@H]1CCS(=O)(=O)C1. The second-order valence-corrected chi connectivity index (χ2v) is 10.4. The van der Waals surface area contributed by atoms with E-state index in [0.717, 1.165) is 9.56 Å². The molecule has 3 heterocycles. The van der Waals surface area contributed by atoms with Crippen molar-refractivity contribution >= 4 is 27.1 Å². The van der Waals surface area contributed by atoms with Crippen LogP contribution in [0.2, 0.25) is 0 Å². The van der Waals surface area contributed by atoms with Gasteiger partial charge in [0.15, 0.2) is 9.84 Å². The van der Waals surface area contributed by atoms with Gasteiger partial charge in [-0.05, 0) is 29.9 Å². The highest BCUT2D eigenvalue weighted by Gasteiger charge is 2.35. The van der Waals surface area contributed by atoms with E-state index in [2.05, 4.69) is 5.10 Å². The lowest BCUT2D eigenvalue weighted by Gasteiger charge is -2.30. The molecule has 0 aromatic carbocycles. The van der Waals surface area contributed by atoms with Crippen LogP contribution in [0, 0.1) is 5.92 Å². The maximum absolute atomic E-state index is 12.9. The molecule has 0 bridgehead atoms. The fourth-order valence-electron chi connectivity index (χ4n) is 3.21. The van der Waals surface area contributed by atoms with Crippen molar-refractivity contribution < 1.29 is 13.2 Å². The number of hydrogen-bond acceptors (Lipinski definition) is 6. The minimum Gasteiger partial charge on any atom is -0.337 e. The number of hydrogen-bond donors (Lipinski definition) is 0. The van der Waals surface area contributed by atoms with Crippen molar-refractivity contribution in [3.05, 3.63) is 40.0 Å². The molecule has 0 aliphatic carbocycles. The Balaban J connectivity index is 1.83. The van der Waals surface area contributed by atoms with Crippen LogP contribution in [0.1, 0.15) is 20.3 Å². The second-order valence-electron chi connectivity index (χ2n) is 7.19. The monoisotopic (exact) mass is 409 g/mol. The van der Waals surface area contributed by atoms with Crippen LogP contribution in [0.5, 0.6) is 0 Å². The molecule has 1 aliphatic heterocycles. The summed E-state index contributed by atoms with van der Waals surface area (Å²) in [6, 6.07) is 6.51. The van der Waals surface area contributed by atoms with E-state index in [1.54, 1.807) is 11.0 Å². The van der Waals surface area contributed by atoms with Crippen molar-refractivity contribution in [2.24, 2.45) is 5.92 Å². The van der Waals surface area contributed by atoms with Gasteiger partial charge >= 0.3 is 0 Å². The Morgan fingerprint density at radius 2 is 2.15 bits per heavy atom. The van der Waals surface area contributed by atoms with Crippen molar-refractivity contribution in [1.29, 1.82) is 0 Å². The van der Waals surface area contributed by atoms with Gasteiger partial charge in [0, 0.05) is 18.7 Å². The molecule has 0 saturated carbocycles. The minimum absolute atomic E-state index is 0.0109. The third-order valence-corrected chi connectivity index (χ3v) is 7.10. The maximum atomic E-state index is 12.9. The van der Waals surface area contributed by atoms with Gasteiger partial charge in [-0.15, -0.1) is 11.3 Å². The summed E-state index contributed by atoms with van der Waals surface area (Å²) in [7, 11) is -3.10. The van der Waals surface area contributed by atoms with Gasteiger partial charge in [-0.25, -0.2) is 13.1 Å². The first-order valence-electron chi connectivity index (χ1n) is 8.87. The van der Waals surface area contributed by atoms with Crippen molar-refractivity contribution in [3.8, 4) is 10.6 Å². The summed E-state index contributed by atoms with van der Waals surface area (Å²) < 4.78 is 24.8. The molecule has 2 aromatic heterocycles. The number of nitrogens with zero attached hydrogens (tertiary/aromatic N) is 3. The molecule has 0 unspecified atom stereocenters. The van der Waals surface area contributed by atoms with Crippen LogP contribution in [0.25, 0.3) is 10.6 Å². The highest BCUT2D eigenvalue weighted by molar-refractivity contribution is 7.91. The van der Waals surface area contributed by atoms with Crippen molar-refractivity contribution in [1.82, 2.24) is 14.7 Å². The quantitative estimate of drug-likeness (QED) is 0.724. The number of carbonyl (C=O) groups excluding carboxylic acids is 1. The molecular formula is C18H23N3O4S2. The lowest BCUT2D eigenvalue weighted by atomic mass is 10.1. The summed E-state index contributed by atoms with van der Waals surface area (Å²) in [5.74, 6) is 0.0114. The number of sulfone groups is 1. The average molecular weight is 410 g/mol. The summed E-state index contributed by atoms with van der Waals surface area (Å²) in [5.41, 5.74) is 0.281. The second kappa shape index (κ2) is 7.93. The molecule has 0 N–H and O–H groups in total. The molecule has 1 saturated heterocycles. The Kier molecular flexibility index (Phi) is 5.81. The minimum atomic E-state index is -3.10. The first-order valence-corrected chi connectivity index (χ1v) is 11.6. The fraction of sp³-hybridized carbons (Fsp3) is 0.500. The van der Waals surface area contributed by atoms with Crippen LogP contribution >= 0.6 is 11.3 Å². The van der Waals surface area contributed by atoms with Crippen LogP contribution < -0.4 is 5.56 Å². The third kappa shape index (κ3) is 4.84. The van der Waals surface area contributed by atoms with E-state index in [-0.39, 0.29) is 41.5 Å². The van der Waals surface area contributed by atoms with E-state index in [1.165, 1.54) is 17.4 Å². The summed E-state index contributed by atoms with van der Waals surface area (Å²) in [4.78, 5) is 27.6. The molecule has 146 valence electrons. The molecule has 1 amide bonds.